The molecule has 2 saturated heterocycles. The zero-order valence-corrected chi connectivity index (χ0v) is 29.7. The number of cyclic esters (lactones) is 2. The summed E-state index contributed by atoms with van der Waals surface area (Å²) in [7, 11) is 0. The summed E-state index contributed by atoms with van der Waals surface area (Å²) in [4.78, 5) is 34.5. The van der Waals surface area contributed by atoms with Gasteiger partial charge in [-0.05, 0) is 60.6 Å². The monoisotopic (exact) mass is 734 g/mol. The van der Waals surface area contributed by atoms with E-state index in [2.05, 4.69) is 26.9 Å². The van der Waals surface area contributed by atoms with Crippen LogP contribution in [0.5, 0.6) is 11.5 Å². The van der Waals surface area contributed by atoms with E-state index in [0.29, 0.717) is 23.5 Å². The maximum atomic E-state index is 14.8. The van der Waals surface area contributed by atoms with Crippen molar-refractivity contribution in [1.29, 1.82) is 0 Å². The topological polar surface area (TPSA) is 184 Å². The van der Waals surface area contributed by atoms with E-state index in [1.807, 2.05) is 0 Å². The lowest BCUT2D eigenvalue weighted by Crippen LogP contribution is -2.42. The Hall–Kier alpha value is -3.83. The number of benzene rings is 2. The van der Waals surface area contributed by atoms with Crippen molar-refractivity contribution in [1.82, 2.24) is 26.9 Å². The highest BCUT2D eigenvalue weighted by Gasteiger charge is 2.35. The van der Waals surface area contributed by atoms with Gasteiger partial charge in [0, 0.05) is 17.2 Å². The number of hydrogen-bond acceptors (Lipinski definition) is 11. The molecule has 2 aliphatic rings. The second-order valence-corrected chi connectivity index (χ2v) is 12.6. The molecule has 0 unspecified atom stereocenters. The van der Waals surface area contributed by atoms with Crippen molar-refractivity contribution in [3.63, 3.8) is 0 Å². The number of ether oxygens (including phenoxy) is 5. The Labute approximate surface area is 292 Å². The van der Waals surface area contributed by atoms with Crippen LogP contribution in [-0.2, 0) is 14.2 Å². The van der Waals surface area contributed by atoms with Gasteiger partial charge in [0.2, 0.25) is 0 Å². The van der Waals surface area contributed by atoms with E-state index in [-0.39, 0.29) is 52.7 Å². The maximum absolute atomic E-state index is 14.8. The number of alkyl carbamates (subject to hydrolysis) is 2. The predicted octanol–water partition coefficient (Wildman–Crippen LogP) is 5.93. The van der Waals surface area contributed by atoms with Crippen LogP contribution in [0.3, 0.4) is 0 Å². The minimum atomic E-state index is -0.877. The highest BCUT2D eigenvalue weighted by molar-refractivity contribution is 6.31. The van der Waals surface area contributed by atoms with E-state index < -0.39 is 53.8 Å². The lowest BCUT2D eigenvalue weighted by molar-refractivity contribution is 0.0488. The molecule has 4 rings (SSSR count). The molecule has 0 aliphatic carbocycles. The second kappa shape index (κ2) is 17.2. The molecule has 4 atom stereocenters. The predicted molar refractivity (Wildman–Crippen MR) is 176 cm³/mol. The van der Waals surface area contributed by atoms with Crippen LogP contribution in [0.25, 0.3) is 0 Å². The van der Waals surface area contributed by atoms with Gasteiger partial charge in [-0.3, -0.25) is 16.7 Å². The molecule has 0 saturated carbocycles. The van der Waals surface area contributed by atoms with Crippen molar-refractivity contribution in [2.45, 2.75) is 78.4 Å². The van der Waals surface area contributed by atoms with Gasteiger partial charge in [0.1, 0.15) is 17.1 Å². The molecule has 272 valence electrons. The van der Waals surface area contributed by atoms with E-state index >= 15 is 0 Å². The summed E-state index contributed by atoms with van der Waals surface area (Å²) in [6.07, 6.45) is -3.59. The van der Waals surface area contributed by atoms with Gasteiger partial charge in [0.05, 0.1) is 53.5 Å². The largest absolute Gasteiger partial charge is 0.493 e. The van der Waals surface area contributed by atoms with Gasteiger partial charge in [-0.15, -0.1) is 0 Å². The quantitative estimate of drug-likeness (QED) is 0.0914. The second-order valence-electron chi connectivity index (χ2n) is 11.8. The lowest BCUT2D eigenvalue weighted by atomic mass is 9.99. The van der Waals surface area contributed by atoms with Gasteiger partial charge in [-0.25, -0.2) is 28.6 Å². The van der Waals surface area contributed by atoms with Crippen LogP contribution in [0.1, 0.15) is 95.0 Å². The summed E-state index contributed by atoms with van der Waals surface area (Å²) < 4.78 is 55.8. The Morgan fingerprint density at radius 3 is 1.69 bits per heavy atom. The Morgan fingerprint density at radius 1 is 0.918 bits per heavy atom. The number of nitrogens with two attached hydrogens (primary N) is 1. The summed E-state index contributed by atoms with van der Waals surface area (Å²) in [5.41, 5.74) is 8.40. The zero-order valence-electron chi connectivity index (χ0n) is 28.1. The third-order valence-corrected chi connectivity index (χ3v) is 7.58. The van der Waals surface area contributed by atoms with Crippen LogP contribution in [0.2, 0.25) is 10.0 Å². The van der Waals surface area contributed by atoms with Gasteiger partial charge in [0.15, 0.2) is 23.8 Å². The number of nitrogens with one attached hydrogen (secondary N) is 5. The molecule has 2 heterocycles. The van der Waals surface area contributed by atoms with Crippen LogP contribution in [-0.4, -0.2) is 50.2 Å². The molecule has 0 aromatic heterocycles. The molecular formula is C31H42Cl2F2N6O8. The molecule has 2 aromatic carbocycles. The summed E-state index contributed by atoms with van der Waals surface area (Å²) >= 11 is 12.0. The summed E-state index contributed by atoms with van der Waals surface area (Å²) in [5, 5.41) is 4.73. The third-order valence-electron chi connectivity index (χ3n) is 7.03. The average Bonchev–Trinajstić information content (AvgIpc) is 3.66. The Morgan fingerprint density at radius 2 is 1.35 bits per heavy atom. The molecule has 14 nitrogen and oxygen atoms in total. The van der Waals surface area contributed by atoms with E-state index in [9.17, 15) is 23.2 Å². The summed E-state index contributed by atoms with van der Waals surface area (Å²) in [5.74, 6) is 4.57. The van der Waals surface area contributed by atoms with Crippen molar-refractivity contribution >= 4 is 41.5 Å². The lowest BCUT2D eigenvalue weighted by Gasteiger charge is -2.24. The Balaban J connectivity index is 0.000000276. The molecule has 49 heavy (non-hydrogen) atoms. The van der Waals surface area contributed by atoms with Crippen LogP contribution in [0.4, 0.5) is 23.2 Å². The number of carbonyl (C=O) groups excluding carboxylic acids is 3. The van der Waals surface area contributed by atoms with Gasteiger partial charge in [-0.1, -0.05) is 23.2 Å². The normalized spacial score (nSPS) is 18.2. The fourth-order valence-electron chi connectivity index (χ4n) is 4.87. The Bertz CT molecular complexity index is 1530. The van der Waals surface area contributed by atoms with Crippen LogP contribution < -0.4 is 42.2 Å². The molecule has 0 spiro atoms. The van der Waals surface area contributed by atoms with Crippen molar-refractivity contribution in [2.75, 3.05) is 26.3 Å². The average molecular weight is 736 g/mol. The fourth-order valence-corrected chi connectivity index (χ4v) is 5.30. The molecular weight excluding hydrogens is 693 g/mol. The molecule has 3 amide bonds. The molecule has 2 aliphatic heterocycles. The van der Waals surface area contributed by atoms with Crippen molar-refractivity contribution in [3.05, 3.63) is 56.1 Å². The van der Waals surface area contributed by atoms with Gasteiger partial charge in [-0.2, -0.15) is 0 Å². The molecule has 7 N–H and O–H groups in total. The standard InChI is InChI=1S/C18H25ClFN3O5.C13H17ClFN3O3/c1-6-26-15-10(9(2)22-23-17(25)28-18(3,4)5)7-11(19)14(20)13(15)12-8-21-16(24)27-12;1-3-20-12-7(6(2)18-16)4-8(14)11(15)10(12)9-5-17-13(19)21-9/h7,9,12,22H,6,8H2,1-5H3,(H,21,24)(H,23,25);4,6,9,18H,3,5,16H2,1-2H3,(H,17,19)/t9-,12-;6-,9-/m00/s1. The van der Waals surface area contributed by atoms with Crippen molar-refractivity contribution in [2.24, 2.45) is 5.84 Å². The Kier molecular flexibility index (Phi) is 13.9. The van der Waals surface area contributed by atoms with E-state index in [4.69, 9.17) is 52.7 Å². The first-order valence-corrected chi connectivity index (χ1v) is 16.2. The summed E-state index contributed by atoms with van der Waals surface area (Å²) in [6, 6.07) is 2.04. The van der Waals surface area contributed by atoms with E-state index in [1.165, 1.54) is 12.1 Å². The molecule has 0 radical (unpaired) electrons. The van der Waals surface area contributed by atoms with E-state index in [0.717, 1.165) is 0 Å². The van der Waals surface area contributed by atoms with Crippen molar-refractivity contribution in [3.8, 4) is 11.5 Å². The first kappa shape index (κ1) is 39.6. The van der Waals surface area contributed by atoms with E-state index in [1.54, 1.807) is 48.5 Å². The van der Waals surface area contributed by atoms with Gasteiger partial charge >= 0.3 is 18.3 Å². The maximum Gasteiger partial charge on any atom is 0.422 e. The number of carbonyl (C=O) groups is 3. The van der Waals surface area contributed by atoms with Gasteiger partial charge in [0.25, 0.3) is 0 Å². The molecule has 2 aromatic rings. The van der Waals surface area contributed by atoms with Crippen LogP contribution >= 0.6 is 23.2 Å². The molecule has 18 heteroatoms. The zero-order chi connectivity index (χ0) is 36.6. The molecule has 2 fully saturated rings. The SMILES string of the molecule is CCOc1c([C@H](C)NN)cc(Cl)c(F)c1[C@@H]1CNC(=O)O1.CCOc1c([C@H](C)NNC(=O)OC(C)(C)C)cc(Cl)c(F)c1[C@@H]1CNC(=O)O1. The van der Waals surface area contributed by atoms with Crippen LogP contribution in [0, 0.1) is 11.6 Å². The third kappa shape index (κ3) is 10.1. The number of rotatable bonds is 11. The first-order chi connectivity index (χ1) is 23.0. The minimum absolute atomic E-state index is 0.0496. The van der Waals surface area contributed by atoms with Crippen LogP contribution in [0.15, 0.2) is 12.1 Å². The highest BCUT2D eigenvalue weighted by Crippen LogP contribution is 2.42. The fraction of sp³-hybridized carbons (Fsp3) is 0.516. The van der Waals surface area contributed by atoms with Crippen molar-refractivity contribution < 1.29 is 46.8 Å². The number of hydrazine groups is 2. The number of halogens is 4. The number of hydrogen-bond donors (Lipinski definition) is 6. The summed E-state index contributed by atoms with van der Waals surface area (Å²) in [6.45, 7) is 13.1. The molecule has 0 bridgehead atoms. The van der Waals surface area contributed by atoms with Gasteiger partial charge < -0.3 is 34.3 Å². The first-order valence-electron chi connectivity index (χ1n) is 15.4. The minimum Gasteiger partial charge on any atom is -0.493 e. The smallest absolute Gasteiger partial charge is 0.422 e. The highest BCUT2D eigenvalue weighted by atomic mass is 35.5. The number of amides is 3.